The zero-order chi connectivity index (χ0) is 14.4. The van der Waals surface area contributed by atoms with Gasteiger partial charge < -0.3 is 9.84 Å². The number of aliphatic hydroxyl groups is 1. The summed E-state index contributed by atoms with van der Waals surface area (Å²) in [6.07, 6.45) is 5.82. The van der Waals surface area contributed by atoms with Gasteiger partial charge in [-0.05, 0) is 43.4 Å². The number of aliphatic hydroxyl groups excluding tert-OH is 1. The highest BCUT2D eigenvalue weighted by Gasteiger charge is 2.24. The third-order valence-corrected chi connectivity index (χ3v) is 4.07. The largest absolute Gasteiger partial charge is 0.497 e. The summed E-state index contributed by atoms with van der Waals surface area (Å²) in [7, 11) is 1.70. The smallest absolute Gasteiger partial charge is 0.119 e. The summed E-state index contributed by atoms with van der Waals surface area (Å²) in [5.41, 5.74) is 1.26. The minimum absolute atomic E-state index is 0.103. The van der Waals surface area contributed by atoms with Gasteiger partial charge in [0.05, 0.1) is 13.2 Å². The van der Waals surface area contributed by atoms with Gasteiger partial charge in [-0.3, -0.25) is 4.90 Å². The SMILES string of the molecule is C=CCN(Cc1cccc(OC)c1)C1CCC(O)CC1. The number of rotatable bonds is 6. The van der Waals surface area contributed by atoms with E-state index in [9.17, 15) is 5.11 Å². The van der Waals surface area contributed by atoms with E-state index < -0.39 is 0 Å². The van der Waals surface area contributed by atoms with Gasteiger partial charge in [0.1, 0.15) is 5.75 Å². The Morgan fingerprint density at radius 3 is 2.75 bits per heavy atom. The van der Waals surface area contributed by atoms with Crippen molar-refractivity contribution in [2.24, 2.45) is 0 Å². The van der Waals surface area contributed by atoms with Crippen molar-refractivity contribution >= 4 is 0 Å². The highest BCUT2D eigenvalue weighted by molar-refractivity contribution is 5.28. The van der Waals surface area contributed by atoms with E-state index in [4.69, 9.17) is 4.74 Å². The zero-order valence-electron chi connectivity index (χ0n) is 12.3. The summed E-state index contributed by atoms with van der Waals surface area (Å²) >= 11 is 0. The van der Waals surface area contributed by atoms with E-state index in [1.807, 2.05) is 18.2 Å². The summed E-state index contributed by atoms with van der Waals surface area (Å²) in [4.78, 5) is 2.45. The second-order valence-electron chi connectivity index (χ2n) is 5.53. The molecule has 0 atom stereocenters. The molecule has 1 saturated carbocycles. The minimum Gasteiger partial charge on any atom is -0.497 e. The fourth-order valence-corrected chi connectivity index (χ4v) is 2.94. The van der Waals surface area contributed by atoms with Crippen molar-refractivity contribution in [1.29, 1.82) is 0 Å². The van der Waals surface area contributed by atoms with Crippen molar-refractivity contribution in [3.05, 3.63) is 42.5 Å². The number of benzene rings is 1. The lowest BCUT2D eigenvalue weighted by Gasteiger charge is -2.35. The highest BCUT2D eigenvalue weighted by Crippen LogP contribution is 2.25. The van der Waals surface area contributed by atoms with Crippen LogP contribution in [0, 0.1) is 0 Å². The molecule has 1 aromatic rings. The monoisotopic (exact) mass is 275 g/mol. The maximum atomic E-state index is 9.64. The molecule has 0 aromatic heterocycles. The maximum Gasteiger partial charge on any atom is 0.119 e. The molecule has 0 unspecified atom stereocenters. The van der Waals surface area contributed by atoms with Crippen molar-refractivity contribution in [3.63, 3.8) is 0 Å². The van der Waals surface area contributed by atoms with Crippen molar-refractivity contribution in [2.45, 2.75) is 44.4 Å². The predicted molar refractivity (Wildman–Crippen MR) is 81.9 cm³/mol. The first-order valence-corrected chi connectivity index (χ1v) is 7.39. The molecule has 0 bridgehead atoms. The molecule has 3 nitrogen and oxygen atoms in total. The third-order valence-electron chi connectivity index (χ3n) is 4.07. The molecule has 0 heterocycles. The van der Waals surface area contributed by atoms with Gasteiger partial charge >= 0.3 is 0 Å². The Morgan fingerprint density at radius 1 is 1.35 bits per heavy atom. The van der Waals surface area contributed by atoms with E-state index in [0.29, 0.717) is 6.04 Å². The van der Waals surface area contributed by atoms with Gasteiger partial charge in [0.15, 0.2) is 0 Å². The number of methoxy groups -OCH3 is 1. The lowest BCUT2D eigenvalue weighted by atomic mass is 9.91. The van der Waals surface area contributed by atoms with Gasteiger partial charge in [-0.1, -0.05) is 18.2 Å². The summed E-state index contributed by atoms with van der Waals surface area (Å²) in [5.74, 6) is 0.903. The van der Waals surface area contributed by atoms with Crippen molar-refractivity contribution < 1.29 is 9.84 Å². The topological polar surface area (TPSA) is 32.7 Å². The minimum atomic E-state index is -0.103. The van der Waals surface area contributed by atoms with Gasteiger partial charge in [-0.15, -0.1) is 6.58 Å². The van der Waals surface area contributed by atoms with Crippen LogP contribution < -0.4 is 4.74 Å². The van der Waals surface area contributed by atoms with Crippen LogP contribution in [0.3, 0.4) is 0 Å². The lowest BCUT2D eigenvalue weighted by molar-refractivity contribution is 0.0756. The molecule has 0 radical (unpaired) electrons. The van der Waals surface area contributed by atoms with Gasteiger partial charge in [0, 0.05) is 19.1 Å². The van der Waals surface area contributed by atoms with Crippen LogP contribution in [-0.4, -0.2) is 35.8 Å². The molecule has 1 aromatic carbocycles. The summed E-state index contributed by atoms with van der Waals surface area (Å²) in [6, 6.07) is 8.77. The van der Waals surface area contributed by atoms with E-state index in [-0.39, 0.29) is 6.10 Å². The van der Waals surface area contributed by atoms with Crippen LogP contribution in [0.15, 0.2) is 36.9 Å². The third kappa shape index (κ3) is 4.09. The van der Waals surface area contributed by atoms with Gasteiger partial charge in [-0.2, -0.15) is 0 Å². The Bertz CT molecular complexity index is 425. The fraction of sp³-hybridized carbons (Fsp3) is 0.529. The van der Waals surface area contributed by atoms with E-state index in [1.54, 1.807) is 7.11 Å². The molecule has 0 spiro atoms. The normalized spacial score (nSPS) is 22.8. The maximum absolute atomic E-state index is 9.64. The average molecular weight is 275 g/mol. The lowest BCUT2D eigenvalue weighted by Crippen LogP contribution is -2.38. The van der Waals surface area contributed by atoms with Crippen molar-refractivity contribution in [1.82, 2.24) is 4.90 Å². The van der Waals surface area contributed by atoms with Crippen LogP contribution in [-0.2, 0) is 6.54 Å². The number of hydrogen-bond acceptors (Lipinski definition) is 3. The van der Waals surface area contributed by atoms with Crippen LogP contribution >= 0.6 is 0 Å². The van der Waals surface area contributed by atoms with Gasteiger partial charge in [-0.25, -0.2) is 0 Å². The molecular formula is C17H25NO2. The summed E-state index contributed by atoms with van der Waals surface area (Å²) in [5, 5.41) is 9.64. The predicted octanol–water partition coefficient (Wildman–Crippen LogP) is 2.99. The van der Waals surface area contributed by atoms with E-state index in [1.165, 1.54) is 5.56 Å². The molecule has 110 valence electrons. The molecule has 0 saturated heterocycles. The second-order valence-corrected chi connectivity index (χ2v) is 5.53. The average Bonchev–Trinajstić information content (AvgIpc) is 2.48. The standard InChI is InChI=1S/C17H25NO2/c1-3-11-18(15-7-9-16(19)10-8-15)13-14-5-4-6-17(12-14)20-2/h3-6,12,15-16,19H,1,7-11,13H2,2H3. The number of ether oxygens (including phenoxy) is 1. The molecule has 3 heteroatoms. The summed E-state index contributed by atoms with van der Waals surface area (Å²) < 4.78 is 5.28. The Labute approximate surface area is 121 Å². The molecular weight excluding hydrogens is 250 g/mol. The van der Waals surface area contributed by atoms with E-state index >= 15 is 0 Å². The summed E-state index contributed by atoms with van der Waals surface area (Å²) in [6.45, 7) is 5.66. The molecule has 2 rings (SSSR count). The highest BCUT2D eigenvalue weighted by atomic mass is 16.5. The van der Waals surface area contributed by atoms with E-state index in [0.717, 1.165) is 44.5 Å². The van der Waals surface area contributed by atoms with Crippen molar-refractivity contribution in [3.8, 4) is 5.75 Å². The van der Waals surface area contributed by atoms with Gasteiger partial charge in [0.25, 0.3) is 0 Å². The van der Waals surface area contributed by atoms with Crippen LogP contribution in [0.1, 0.15) is 31.2 Å². The Kier molecular flexibility index (Phi) is 5.62. The molecule has 1 fully saturated rings. The van der Waals surface area contributed by atoms with E-state index in [2.05, 4.69) is 23.6 Å². The van der Waals surface area contributed by atoms with Crippen LogP contribution in [0.25, 0.3) is 0 Å². The zero-order valence-corrected chi connectivity index (χ0v) is 12.3. The first-order valence-electron chi connectivity index (χ1n) is 7.39. The molecule has 1 aliphatic rings. The molecule has 0 aliphatic heterocycles. The molecule has 20 heavy (non-hydrogen) atoms. The quantitative estimate of drug-likeness (QED) is 0.810. The fourth-order valence-electron chi connectivity index (χ4n) is 2.94. The van der Waals surface area contributed by atoms with Crippen LogP contribution in [0.4, 0.5) is 0 Å². The Morgan fingerprint density at radius 2 is 2.10 bits per heavy atom. The van der Waals surface area contributed by atoms with Crippen molar-refractivity contribution in [2.75, 3.05) is 13.7 Å². The number of hydrogen-bond donors (Lipinski definition) is 1. The molecule has 1 aliphatic carbocycles. The Balaban J connectivity index is 2.02. The second kappa shape index (κ2) is 7.46. The molecule has 0 amide bonds. The molecule has 1 N–H and O–H groups in total. The Hall–Kier alpha value is -1.32. The van der Waals surface area contributed by atoms with Crippen LogP contribution in [0.2, 0.25) is 0 Å². The van der Waals surface area contributed by atoms with Gasteiger partial charge in [0.2, 0.25) is 0 Å². The van der Waals surface area contributed by atoms with Crippen LogP contribution in [0.5, 0.6) is 5.75 Å². The first kappa shape index (κ1) is 15.1. The first-order chi connectivity index (χ1) is 9.72. The number of nitrogens with zero attached hydrogens (tertiary/aromatic N) is 1.